The third-order valence-electron chi connectivity index (χ3n) is 3.37. The fourth-order valence-corrected chi connectivity index (χ4v) is 3.58. The van der Waals surface area contributed by atoms with Crippen LogP contribution in [0.3, 0.4) is 0 Å². The Balaban J connectivity index is 2.12. The molecule has 1 aliphatic heterocycles. The lowest BCUT2D eigenvalue weighted by Gasteiger charge is -2.22. The van der Waals surface area contributed by atoms with Gasteiger partial charge in [0.25, 0.3) is 0 Å². The van der Waals surface area contributed by atoms with Crippen molar-refractivity contribution in [1.29, 1.82) is 0 Å². The Hall–Kier alpha value is -1.31. The SMILES string of the molecule is CCOc1ccc(N)cc1S(=O)(=O)NCC1CCCOC1. The first-order valence-corrected chi connectivity index (χ1v) is 8.61. The second-order valence-electron chi connectivity index (χ2n) is 5.07. The first kappa shape index (κ1) is 16.1. The number of hydrogen-bond acceptors (Lipinski definition) is 5. The van der Waals surface area contributed by atoms with Gasteiger partial charge in [0.15, 0.2) is 0 Å². The predicted octanol–water partition coefficient (Wildman–Crippen LogP) is 1.37. The van der Waals surface area contributed by atoms with E-state index in [2.05, 4.69) is 4.72 Å². The second kappa shape index (κ2) is 7.11. The highest BCUT2D eigenvalue weighted by Crippen LogP contribution is 2.26. The van der Waals surface area contributed by atoms with Crippen molar-refractivity contribution in [2.75, 3.05) is 32.1 Å². The number of nitrogen functional groups attached to an aromatic ring is 1. The Morgan fingerprint density at radius 1 is 1.48 bits per heavy atom. The van der Waals surface area contributed by atoms with Gasteiger partial charge < -0.3 is 15.2 Å². The van der Waals surface area contributed by atoms with Crippen molar-refractivity contribution in [2.45, 2.75) is 24.7 Å². The zero-order valence-electron chi connectivity index (χ0n) is 12.2. The molecule has 1 saturated heterocycles. The van der Waals surface area contributed by atoms with Crippen LogP contribution in [0.5, 0.6) is 5.75 Å². The summed E-state index contributed by atoms with van der Waals surface area (Å²) < 4.78 is 38.2. The first-order chi connectivity index (χ1) is 10.0. The van der Waals surface area contributed by atoms with Crippen molar-refractivity contribution in [3.8, 4) is 5.75 Å². The van der Waals surface area contributed by atoms with E-state index in [1.54, 1.807) is 19.1 Å². The third kappa shape index (κ3) is 4.33. The number of rotatable bonds is 6. The highest BCUT2D eigenvalue weighted by atomic mass is 32.2. The van der Waals surface area contributed by atoms with Gasteiger partial charge in [-0.15, -0.1) is 0 Å². The zero-order valence-corrected chi connectivity index (χ0v) is 13.0. The number of anilines is 1. The van der Waals surface area contributed by atoms with Crippen LogP contribution in [0.1, 0.15) is 19.8 Å². The number of hydrogen-bond donors (Lipinski definition) is 2. The third-order valence-corrected chi connectivity index (χ3v) is 4.82. The van der Waals surface area contributed by atoms with Crippen LogP contribution >= 0.6 is 0 Å². The van der Waals surface area contributed by atoms with Gasteiger partial charge in [-0.25, -0.2) is 13.1 Å². The topological polar surface area (TPSA) is 90.7 Å². The zero-order chi connectivity index (χ0) is 15.3. The Labute approximate surface area is 125 Å². The van der Waals surface area contributed by atoms with Crippen molar-refractivity contribution < 1.29 is 17.9 Å². The van der Waals surface area contributed by atoms with Crippen LogP contribution in [0, 0.1) is 5.92 Å². The van der Waals surface area contributed by atoms with Crippen LogP contribution < -0.4 is 15.2 Å². The quantitative estimate of drug-likeness (QED) is 0.774. The van der Waals surface area contributed by atoms with E-state index in [1.807, 2.05) is 0 Å². The lowest BCUT2D eigenvalue weighted by Crippen LogP contribution is -2.33. The molecule has 21 heavy (non-hydrogen) atoms. The van der Waals surface area contributed by atoms with Crippen molar-refractivity contribution in [1.82, 2.24) is 4.72 Å². The van der Waals surface area contributed by atoms with Gasteiger partial charge in [-0.2, -0.15) is 0 Å². The van der Waals surface area contributed by atoms with Crippen LogP contribution in [0.4, 0.5) is 5.69 Å². The number of nitrogens with one attached hydrogen (secondary N) is 1. The van der Waals surface area contributed by atoms with Crippen LogP contribution in [-0.2, 0) is 14.8 Å². The van der Waals surface area contributed by atoms with E-state index in [9.17, 15) is 8.42 Å². The van der Waals surface area contributed by atoms with Gasteiger partial charge in [-0.3, -0.25) is 0 Å². The minimum absolute atomic E-state index is 0.0843. The Morgan fingerprint density at radius 2 is 2.29 bits per heavy atom. The highest BCUT2D eigenvalue weighted by molar-refractivity contribution is 7.89. The van der Waals surface area contributed by atoms with E-state index >= 15 is 0 Å². The van der Waals surface area contributed by atoms with E-state index < -0.39 is 10.0 Å². The molecule has 1 aromatic carbocycles. The molecule has 0 saturated carbocycles. The van der Waals surface area contributed by atoms with Crippen molar-refractivity contribution in [3.63, 3.8) is 0 Å². The minimum atomic E-state index is -3.65. The normalized spacial score (nSPS) is 19.4. The molecule has 0 spiro atoms. The van der Waals surface area contributed by atoms with Gasteiger partial charge >= 0.3 is 0 Å². The molecule has 0 aliphatic carbocycles. The van der Waals surface area contributed by atoms with Crippen molar-refractivity contribution >= 4 is 15.7 Å². The molecular weight excluding hydrogens is 292 g/mol. The largest absolute Gasteiger partial charge is 0.492 e. The maximum Gasteiger partial charge on any atom is 0.244 e. The van der Waals surface area contributed by atoms with E-state index in [0.29, 0.717) is 31.2 Å². The highest BCUT2D eigenvalue weighted by Gasteiger charge is 2.22. The summed E-state index contributed by atoms with van der Waals surface area (Å²) in [6, 6.07) is 4.63. The fourth-order valence-electron chi connectivity index (χ4n) is 2.28. The summed E-state index contributed by atoms with van der Waals surface area (Å²) in [5.41, 5.74) is 6.08. The van der Waals surface area contributed by atoms with Crippen LogP contribution in [-0.4, -0.2) is 34.8 Å². The smallest absolute Gasteiger partial charge is 0.244 e. The van der Waals surface area contributed by atoms with Gasteiger partial charge in [0.1, 0.15) is 10.6 Å². The lowest BCUT2D eigenvalue weighted by atomic mass is 10.0. The number of ether oxygens (including phenoxy) is 2. The monoisotopic (exact) mass is 314 g/mol. The fraction of sp³-hybridized carbons (Fsp3) is 0.571. The van der Waals surface area contributed by atoms with Gasteiger partial charge in [0.2, 0.25) is 10.0 Å². The van der Waals surface area contributed by atoms with E-state index in [1.165, 1.54) is 6.07 Å². The molecule has 0 amide bonds. The van der Waals surface area contributed by atoms with Gasteiger partial charge in [0, 0.05) is 18.8 Å². The Kier molecular flexibility index (Phi) is 5.44. The molecule has 0 aromatic heterocycles. The maximum atomic E-state index is 12.4. The van der Waals surface area contributed by atoms with E-state index in [-0.39, 0.29) is 10.8 Å². The number of sulfonamides is 1. The molecule has 1 fully saturated rings. The molecular formula is C14H22N2O4S. The lowest BCUT2D eigenvalue weighted by molar-refractivity contribution is 0.0568. The standard InChI is InChI=1S/C14H22N2O4S/c1-2-20-13-6-5-12(15)8-14(13)21(17,18)16-9-11-4-3-7-19-10-11/h5-6,8,11,16H,2-4,7,9-10,15H2,1H3. The Morgan fingerprint density at radius 3 is 2.95 bits per heavy atom. The molecule has 0 bridgehead atoms. The summed E-state index contributed by atoms with van der Waals surface area (Å²) in [5, 5.41) is 0. The van der Waals surface area contributed by atoms with Crippen LogP contribution in [0.15, 0.2) is 23.1 Å². The van der Waals surface area contributed by atoms with Gasteiger partial charge in [0.05, 0.1) is 13.2 Å². The van der Waals surface area contributed by atoms with Crippen molar-refractivity contribution in [3.05, 3.63) is 18.2 Å². The summed E-state index contributed by atoms with van der Waals surface area (Å²) in [6.07, 6.45) is 1.94. The summed E-state index contributed by atoms with van der Waals surface area (Å²) in [5.74, 6) is 0.532. The van der Waals surface area contributed by atoms with E-state index in [4.69, 9.17) is 15.2 Å². The van der Waals surface area contributed by atoms with Gasteiger partial charge in [-0.1, -0.05) is 0 Å². The maximum absolute atomic E-state index is 12.4. The van der Waals surface area contributed by atoms with E-state index in [0.717, 1.165) is 19.4 Å². The number of benzene rings is 1. The van der Waals surface area contributed by atoms with Crippen molar-refractivity contribution in [2.24, 2.45) is 5.92 Å². The first-order valence-electron chi connectivity index (χ1n) is 7.12. The van der Waals surface area contributed by atoms with Crippen LogP contribution in [0.2, 0.25) is 0 Å². The summed E-state index contributed by atoms with van der Waals surface area (Å²) >= 11 is 0. The predicted molar refractivity (Wildman–Crippen MR) is 80.8 cm³/mol. The molecule has 3 N–H and O–H groups in total. The average molecular weight is 314 g/mol. The molecule has 0 radical (unpaired) electrons. The van der Waals surface area contributed by atoms with Crippen LogP contribution in [0.25, 0.3) is 0 Å². The molecule has 118 valence electrons. The van der Waals surface area contributed by atoms with Gasteiger partial charge in [-0.05, 0) is 43.9 Å². The molecule has 1 aromatic rings. The molecule has 2 rings (SSSR count). The number of nitrogens with two attached hydrogens (primary N) is 1. The minimum Gasteiger partial charge on any atom is -0.492 e. The molecule has 6 nitrogen and oxygen atoms in total. The average Bonchev–Trinajstić information content (AvgIpc) is 2.48. The molecule has 7 heteroatoms. The Bertz CT molecular complexity index is 568. The summed E-state index contributed by atoms with van der Waals surface area (Å²) in [7, 11) is -3.65. The summed E-state index contributed by atoms with van der Waals surface area (Å²) in [6.45, 7) is 3.91. The molecule has 1 aliphatic rings. The molecule has 1 heterocycles. The summed E-state index contributed by atoms with van der Waals surface area (Å²) in [4.78, 5) is 0.0843. The molecule has 1 unspecified atom stereocenters. The molecule has 1 atom stereocenters. The second-order valence-corrected chi connectivity index (χ2v) is 6.81.